The van der Waals surface area contributed by atoms with E-state index in [1.807, 2.05) is 36.9 Å². The van der Waals surface area contributed by atoms with Gasteiger partial charge in [-0.15, -0.1) is 0 Å². The minimum atomic E-state index is 0.844. The predicted molar refractivity (Wildman–Crippen MR) is 88.5 cm³/mol. The van der Waals surface area contributed by atoms with Crippen LogP contribution in [0.4, 0.5) is 0 Å². The molecule has 0 saturated carbocycles. The molecule has 0 aliphatic rings. The van der Waals surface area contributed by atoms with Gasteiger partial charge in [0, 0.05) is 36.1 Å². The van der Waals surface area contributed by atoms with Crippen molar-refractivity contribution in [2.45, 2.75) is 6.54 Å². The zero-order valence-electron chi connectivity index (χ0n) is 12.1. The average Bonchev–Trinajstić information content (AvgIpc) is 3.08. The second kappa shape index (κ2) is 5.45. The maximum atomic E-state index is 4.53. The first kappa shape index (κ1) is 12.8. The van der Waals surface area contributed by atoms with Gasteiger partial charge in [0.25, 0.3) is 0 Å². The van der Waals surface area contributed by atoms with E-state index >= 15 is 0 Å². The van der Waals surface area contributed by atoms with Gasteiger partial charge in [-0.1, -0.05) is 42.5 Å². The lowest BCUT2D eigenvalue weighted by Crippen LogP contribution is -1.95. The predicted octanol–water partition coefficient (Wildman–Crippen LogP) is 4.15. The number of nitrogens with zero attached hydrogens (tertiary/aromatic N) is 3. The second-order valence-electron chi connectivity index (χ2n) is 5.35. The van der Waals surface area contributed by atoms with Crippen LogP contribution in [0.15, 0.2) is 79.5 Å². The van der Waals surface area contributed by atoms with E-state index in [1.165, 1.54) is 16.5 Å². The van der Waals surface area contributed by atoms with Crippen LogP contribution >= 0.6 is 0 Å². The van der Waals surface area contributed by atoms with E-state index in [9.17, 15) is 0 Å². The lowest BCUT2D eigenvalue weighted by Gasteiger charge is -2.06. The summed E-state index contributed by atoms with van der Waals surface area (Å²) in [5.41, 5.74) is 4.62. The van der Waals surface area contributed by atoms with Crippen molar-refractivity contribution >= 4 is 10.9 Å². The van der Waals surface area contributed by atoms with Crippen LogP contribution in [0.25, 0.3) is 22.0 Å². The van der Waals surface area contributed by atoms with Crippen LogP contribution in [0, 0.1) is 0 Å². The fraction of sp³-hybridized carbons (Fsp3) is 0.0526. The number of pyridine rings is 1. The summed E-state index contributed by atoms with van der Waals surface area (Å²) >= 11 is 0. The minimum Gasteiger partial charge on any atom is -0.333 e. The molecule has 4 rings (SSSR count). The first-order valence-electron chi connectivity index (χ1n) is 7.28. The van der Waals surface area contributed by atoms with Gasteiger partial charge in [-0.05, 0) is 23.3 Å². The molecule has 106 valence electrons. The Bertz CT molecular complexity index is 894. The van der Waals surface area contributed by atoms with Crippen molar-refractivity contribution in [3.63, 3.8) is 0 Å². The minimum absolute atomic E-state index is 0.844. The van der Waals surface area contributed by atoms with Crippen molar-refractivity contribution in [2.24, 2.45) is 0 Å². The quantitative estimate of drug-likeness (QED) is 0.566. The molecule has 2 aromatic carbocycles. The molecule has 3 nitrogen and oxygen atoms in total. The van der Waals surface area contributed by atoms with Crippen LogP contribution in [-0.2, 0) is 6.54 Å². The molecule has 2 heterocycles. The highest BCUT2D eigenvalue weighted by Gasteiger charge is 2.01. The molecular formula is C19H15N3. The summed E-state index contributed by atoms with van der Waals surface area (Å²) in [6.07, 6.45) is 7.55. The fourth-order valence-corrected chi connectivity index (χ4v) is 2.62. The van der Waals surface area contributed by atoms with Gasteiger partial charge in [0.15, 0.2) is 0 Å². The van der Waals surface area contributed by atoms with Gasteiger partial charge in [-0.3, -0.25) is 4.98 Å². The zero-order valence-corrected chi connectivity index (χ0v) is 12.1. The first-order chi connectivity index (χ1) is 10.9. The third-order valence-electron chi connectivity index (χ3n) is 3.80. The molecule has 0 aliphatic heterocycles. The van der Waals surface area contributed by atoms with Gasteiger partial charge in [0.05, 0.1) is 11.8 Å². The number of hydrogen-bond acceptors (Lipinski definition) is 2. The monoisotopic (exact) mass is 285 g/mol. The molecule has 0 saturated heterocycles. The molecule has 0 aliphatic carbocycles. The zero-order chi connectivity index (χ0) is 14.8. The molecule has 0 atom stereocenters. The largest absolute Gasteiger partial charge is 0.333 e. The van der Waals surface area contributed by atoms with Crippen molar-refractivity contribution in [3.05, 3.63) is 85.1 Å². The Hall–Kier alpha value is -2.94. The van der Waals surface area contributed by atoms with E-state index in [-0.39, 0.29) is 0 Å². The fourth-order valence-electron chi connectivity index (χ4n) is 2.62. The molecule has 0 amide bonds. The topological polar surface area (TPSA) is 30.7 Å². The Kier molecular flexibility index (Phi) is 3.16. The standard InChI is InChI=1S/C19H15N3/c1-2-4-19-17(3-1)11-18(12-21-19)16-7-5-15(6-8-16)13-22-10-9-20-14-22/h1-12,14H,13H2. The molecular weight excluding hydrogens is 270 g/mol. The molecule has 0 bridgehead atoms. The SMILES string of the molecule is c1ccc2ncc(-c3ccc(Cn4ccnc4)cc3)cc2c1. The summed E-state index contributed by atoms with van der Waals surface area (Å²) < 4.78 is 2.06. The van der Waals surface area contributed by atoms with E-state index in [2.05, 4.69) is 50.9 Å². The molecule has 22 heavy (non-hydrogen) atoms. The maximum Gasteiger partial charge on any atom is 0.0949 e. The summed E-state index contributed by atoms with van der Waals surface area (Å²) in [7, 11) is 0. The Balaban J connectivity index is 1.63. The average molecular weight is 285 g/mol. The van der Waals surface area contributed by atoms with Crippen molar-refractivity contribution in [1.29, 1.82) is 0 Å². The third kappa shape index (κ3) is 2.49. The Morgan fingerprint density at radius 1 is 0.909 bits per heavy atom. The third-order valence-corrected chi connectivity index (χ3v) is 3.80. The van der Waals surface area contributed by atoms with Gasteiger partial charge >= 0.3 is 0 Å². The molecule has 0 unspecified atom stereocenters. The van der Waals surface area contributed by atoms with E-state index in [1.54, 1.807) is 6.20 Å². The van der Waals surface area contributed by atoms with Gasteiger partial charge in [0.2, 0.25) is 0 Å². The summed E-state index contributed by atoms with van der Waals surface area (Å²) in [5.74, 6) is 0. The number of para-hydroxylation sites is 1. The summed E-state index contributed by atoms with van der Waals surface area (Å²) in [6, 6.07) is 19.0. The van der Waals surface area contributed by atoms with Crippen LogP contribution in [0.3, 0.4) is 0 Å². The van der Waals surface area contributed by atoms with Crippen LogP contribution in [0.5, 0.6) is 0 Å². The van der Waals surface area contributed by atoms with Gasteiger partial charge < -0.3 is 4.57 Å². The molecule has 3 heteroatoms. The van der Waals surface area contributed by atoms with Gasteiger partial charge in [0.1, 0.15) is 0 Å². The second-order valence-corrected chi connectivity index (χ2v) is 5.35. The number of fused-ring (bicyclic) bond motifs is 1. The summed E-state index contributed by atoms with van der Waals surface area (Å²) in [5, 5.41) is 1.17. The van der Waals surface area contributed by atoms with Gasteiger partial charge in [-0.2, -0.15) is 0 Å². The van der Waals surface area contributed by atoms with Gasteiger partial charge in [-0.25, -0.2) is 4.98 Å². The molecule has 2 aromatic heterocycles. The highest BCUT2D eigenvalue weighted by Crippen LogP contribution is 2.23. The van der Waals surface area contributed by atoms with Crippen molar-refractivity contribution in [2.75, 3.05) is 0 Å². The molecule has 0 spiro atoms. The van der Waals surface area contributed by atoms with Crippen molar-refractivity contribution < 1.29 is 0 Å². The lowest BCUT2D eigenvalue weighted by atomic mass is 10.0. The molecule has 0 N–H and O–H groups in total. The van der Waals surface area contributed by atoms with E-state index in [0.29, 0.717) is 0 Å². The maximum absolute atomic E-state index is 4.53. The normalized spacial score (nSPS) is 10.9. The van der Waals surface area contributed by atoms with Crippen molar-refractivity contribution in [3.8, 4) is 11.1 Å². The van der Waals surface area contributed by atoms with E-state index in [0.717, 1.165) is 17.6 Å². The molecule has 4 aromatic rings. The van der Waals surface area contributed by atoms with E-state index < -0.39 is 0 Å². The highest BCUT2D eigenvalue weighted by molar-refractivity contribution is 5.83. The number of imidazole rings is 1. The molecule has 0 fully saturated rings. The number of benzene rings is 2. The smallest absolute Gasteiger partial charge is 0.0949 e. The number of aromatic nitrogens is 3. The van der Waals surface area contributed by atoms with Crippen LogP contribution in [0.1, 0.15) is 5.56 Å². The summed E-state index contributed by atoms with van der Waals surface area (Å²) in [6.45, 7) is 0.844. The highest BCUT2D eigenvalue weighted by atomic mass is 15.0. The number of hydrogen-bond donors (Lipinski definition) is 0. The van der Waals surface area contributed by atoms with Crippen LogP contribution in [-0.4, -0.2) is 14.5 Å². The van der Waals surface area contributed by atoms with E-state index in [4.69, 9.17) is 0 Å². The van der Waals surface area contributed by atoms with Crippen molar-refractivity contribution in [1.82, 2.24) is 14.5 Å². The Morgan fingerprint density at radius 3 is 2.59 bits per heavy atom. The van der Waals surface area contributed by atoms with Crippen LogP contribution < -0.4 is 0 Å². The lowest BCUT2D eigenvalue weighted by molar-refractivity contribution is 0.797. The first-order valence-corrected chi connectivity index (χ1v) is 7.28. The molecule has 0 radical (unpaired) electrons. The van der Waals surface area contributed by atoms with Crippen LogP contribution in [0.2, 0.25) is 0 Å². The number of rotatable bonds is 3. The Labute approximate surface area is 128 Å². The Morgan fingerprint density at radius 2 is 1.77 bits per heavy atom. The summed E-state index contributed by atoms with van der Waals surface area (Å²) in [4.78, 5) is 8.60.